The van der Waals surface area contributed by atoms with Crippen LogP contribution in [-0.2, 0) is 28.6 Å². The minimum absolute atomic E-state index is 0.108. The zero-order valence-electron chi connectivity index (χ0n) is 38.1. The van der Waals surface area contributed by atoms with E-state index in [1.165, 1.54) is 0 Å². The Morgan fingerprint density at radius 3 is 1.30 bits per heavy atom. The molecule has 0 amide bonds. The van der Waals surface area contributed by atoms with Crippen molar-refractivity contribution < 1.29 is 28.6 Å². The molecular weight excluding hydrogens is 757 g/mol. The van der Waals surface area contributed by atoms with Gasteiger partial charge in [-0.05, 0) is 89.9 Å². The fraction of sp³-hybridized carbons (Fsp3) is 0.473. The predicted octanol–water partition coefficient (Wildman–Crippen LogP) is 15.1. The van der Waals surface area contributed by atoms with E-state index in [1.807, 2.05) is 48.6 Å². The Labute approximate surface area is 371 Å². The first kappa shape index (κ1) is 56.0. The minimum Gasteiger partial charge on any atom is -0.462 e. The largest absolute Gasteiger partial charge is 0.462 e. The summed E-state index contributed by atoms with van der Waals surface area (Å²) < 4.78 is 16.5. The Kier molecular flexibility index (Phi) is 43.8. The Hall–Kier alpha value is -4.97. The van der Waals surface area contributed by atoms with Crippen molar-refractivity contribution in [2.75, 3.05) is 13.2 Å². The molecule has 0 aliphatic heterocycles. The van der Waals surface area contributed by atoms with E-state index < -0.39 is 18.0 Å². The Morgan fingerprint density at radius 1 is 0.361 bits per heavy atom. The average Bonchev–Trinajstić information content (AvgIpc) is 3.26. The van der Waals surface area contributed by atoms with Crippen LogP contribution in [0.4, 0.5) is 0 Å². The molecule has 0 radical (unpaired) electrons. The van der Waals surface area contributed by atoms with Crippen molar-refractivity contribution in [1.29, 1.82) is 0 Å². The number of unbranched alkanes of at least 4 members (excludes halogenated alkanes) is 5. The van der Waals surface area contributed by atoms with Crippen molar-refractivity contribution in [3.05, 3.63) is 158 Å². The third-order valence-corrected chi connectivity index (χ3v) is 8.65. The standard InChI is InChI=1S/C55H80O6/c1-4-7-10-13-16-19-21-23-25-26-27-28-30-31-33-36-39-42-45-48-54(57)60-51-52(50-59-53(56)47-44-41-38-35-18-15-12-9-6-3)61-55(58)49-46-43-40-37-34-32-29-24-22-20-17-14-11-8-5-2/h7-12,14,16-20,22-25,27-29,31,33,35,39,41-42,44,52H,4-6,13,15,21,26,30,32,34,36-38,40,43,45-51H2,1-3H3/b10-7-,11-8-,12-9-,17-14-,19-16-,22-20-,25-23-,28-27-,29-24-,33-31-,35-18-,42-39-,44-41-. The van der Waals surface area contributed by atoms with E-state index in [2.05, 4.69) is 124 Å². The summed E-state index contributed by atoms with van der Waals surface area (Å²) in [6.45, 7) is 6.03. The van der Waals surface area contributed by atoms with Crippen LogP contribution in [0.2, 0.25) is 0 Å². The SMILES string of the molecule is CC\C=C/C=C\C=C/C=C\CCCCCCCC(=O)OC(COC(=O)C/C=C\C/C=C\C/C=C\CC)COC(=O)CC/C=C\C/C=C\C/C=C\C/C=C\C/C=C\C/C=C\CC. The van der Waals surface area contributed by atoms with E-state index in [9.17, 15) is 14.4 Å². The van der Waals surface area contributed by atoms with Gasteiger partial charge in [-0.2, -0.15) is 0 Å². The second-order valence-electron chi connectivity index (χ2n) is 14.3. The van der Waals surface area contributed by atoms with Crippen molar-refractivity contribution >= 4 is 17.9 Å². The van der Waals surface area contributed by atoms with Gasteiger partial charge in [-0.1, -0.05) is 198 Å². The molecule has 0 saturated heterocycles. The van der Waals surface area contributed by atoms with E-state index >= 15 is 0 Å². The molecule has 0 N–H and O–H groups in total. The van der Waals surface area contributed by atoms with Gasteiger partial charge in [0.05, 0.1) is 6.42 Å². The van der Waals surface area contributed by atoms with Crippen molar-refractivity contribution in [3.63, 3.8) is 0 Å². The number of ether oxygens (including phenoxy) is 3. The van der Waals surface area contributed by atoms with Crippen LogP contribution < -0.4 is 0 Å². The quantitative estimate of drug-likeness (QED) is 0.0203. The summed E-state index contributed by atoms with van der Waals surface area (Å²) in [5.41, 5.74) is 0. The highest BCUT2D eigenvalue weighted by molar-refractivity contribution is 5.72. The Balaban J connectivity index is 4.61. The second kappa shape index (κ2) is 47.7. The maximum atomic E-state index is 12.7. The molecule has 6 heteroatoms. The fourth-order valence-corrected chi connectivity index (χ4v) is 5.30. The van der Waals surface area contributed by atoms with E-state index in [4.69, 9.17) is 14.2 Å². The summed E-state index contributed by atoms with van der Waals surface area (Å²) in [5.74, 6) is -1.21. The van der Waals surface area contributed by atoms with Crippen LogP contribution in [-0.4, -0.2) is 37.2 Å². The van der Waals surface area contributed by atoms with Gasteiger partial charge in [-0.25, -0.2) is 0 Å². The van der Waals surface area contributed by atoms with Crippen LogP contribution in [0, 0.1) is 0 Å². The maximum absolute atomic E-state index is 12.7. The van der Waals surface area contributed by atoms with Gasteiger partial charge in [-0.15, -0.1) is 0 Å². The van der Waals surface area contributed by atoms with Crippen LogP contribution in [0.3, 0.4) is 0 Å². The van der Waals surface area contributed by atoms with Crippen LogP contribution in [0.5, 0.6) is 0 Å². The van der Waals surface area contributed by atoms with Gasteiger partial charge in [0.15, 0.2) is 6.10 Å². The molecule has 0 aromatic rings. The first-order valence-electron chi connectivity index (χ1n) is 23.0. The van der Waals surface area contributed by atoms with Gasteiger partial charge in [0.1, 0.15) is 13.2 Å². The van der Waals surface area contributed by atoms with E-state index in [-0.39, 0.29) is 38.4 Å². The van der Waals surface area contributed by atoms with Gasteiger partial charge in [0.2, 0.25) is 0 Å². The first-order chi connectivity index (χ1) is 30.0. The molecule has 61 heavy (non-hydrogen) atoms. The first-order valence-corrected chi connectivity index (χ1v) is 23.0. The third-order valence-electron chi connectivity index (χ3n) is 8.65. The molecule has 0 aliphatic rings. The van der Waals surface area contributed by atoms with E-state index in [0.717, 1.165) is 96.3 Å². The van der Waals surface area contributed by atoms with Gasteiger partial charge in [0.25, 0.3) is 0 Å². The summed E-state index contributed by atoms with van der Waals surface area (Å²) in [7, 11) is 0. The Morgan fingerprint density at radius 2 is 0.770 bits per heavy atom. The number of hydrogen-bond acceptors (Lipinski definition) is 6. The van der Waals surface area contributed by atoms with Crippen molar-refractivity contribution in [3.8, 4) is 0 Å². The lowest BCUT2D eigenvalue weighted by Crippen LogP contribution is -2.30. The van der Waals surface area contributed by atoms with Crippen LogP contribution >= 0.6 is 0 Å². The number of rotatable bonds is 38. The van der Waals surface area contributed by atoms with Crippen molar-refractivity contribution in [2.24, 2.45) is 0 Å². The predicted molar refractivity (Wildman–Crippen MR) is 260 cm³/mol. The number of esters is 3. The number of hydrogen-bond donors (Lipinski definition) is 0. The molecule has 0 saturated carbocycles. The lowest BCUT2D eigenvalue weighted by Gasteiger charge is -2.18. The number of allylic oxidation sites excluding steroid dienone is 25. The molecule has 1 atom stereocenters. The van der Waals surface area contributed by atoms with Gasteiger partial charge in [-0.3, -0.25) is 14.4 Å². The fourth-order valence-electron chi connectivity index (χ4n) is 5.30. The van der Waals surface area contributed by atoms with Gasteiger partial charge >= 0.3 is 17.9 Å². The third kappa shape index (κ3) is 46.0. The molecule has 0 spiro atoms. The molecule has 6 nitrogen and oxygen atoms in total. The molecular formula is C55H80O6. The summed E-state index contributed by atoms with van der Waals surface area (Å²) in [6, 6.07) is 0. The molecule has 1 unspecified atom stereocenters. The zero-order valence-corrected chi connectivity index (χ0v) is 38.1. The molecule has 336 valence electrons. The molecule has 0 aromatic heterocycles. The summed E-state index contributed by atoms with van der Waals surface area (Å²) in [6.07, 6.45) is 69.9. The van der Waals surface area contributed by atoms with Gasteiger partial charge < -0.3 is 14.2 Å². The highest BCUT2D eigenvalue weighted by Crippen LogP contribution is 2.10. The lowest BCUT2D eigenvalue weighted by molar-refractivity contribution is -0.166. The smallest absolute Gasteiger partial charge is 0.309 e. The van der Waals surface area contributed by atoms with Crippen molar-refractivity contribution in [2.45, 2.75) is 155 Å². The van der Waals surface area contributed by atoms with E-state index in [1.54, 1.807) is 6.08 Å². The topological polar surface area (TPSA) is 78.9 Å². The average molecular weight is 837 g/mol. The molecule has 0 aliphatic carbocycles. The maximum Gasteiger partial charge on any atom is 0.309 e. The Bertz CT molecular complexity index is 1470. The lowest BCUT2D eigenvalue weighted by atomic mass is 10.1. The van der Waals surface area contributed by atoms with Crippen LogP contribution in [0.1, 0.15) is 149 Å². The number of carbonyl (C=O) groups excluding carboxylic acids is 3. The molecule has 0 fully saturated rings. The summed E-state index contributed by atoms with van der Waals surface area (Å²) >= 11 is 0. The molecule has 0 heterocycles. The zero-order chi connectivity index (χ0) is 44.4. The summed E-state index contributed by atoms with van der Waals surface area (Å²) in [5, 5.41) is 0. The van der Waals surface area contributed by atoms with Crippen LogP contribution in [0.15, 0.2) is 158 Å². The summed E-state index contributed by atoms with van der Waals surface area (Å²) in [4.78, 5) is 37.7. The highest BCUT2D eigenvalue weighted by atomic mass is 16.6. The van der Waals surface area contributed by atoms with E-state index in [0.29, 0.717) is 12.8 Å². The molecule has 0 aromatic carbocycles. The molecule has 0 rings (SSSR count). The second-order valence-corrected chi connectivity index (χ2v) is 14.3. The highest BCUT2D eigenvalue weighted by Gasteiger charge is 2.19. The van der Waals surface area contributed by atoms with Gasteiger partial charge in [0, 0.05) is 12.8 Å². The van der Waals surface area contributed by atoms with Crippen molar-refractivity contribution in [1.82, 2.24) is 0 Å². The van der Waals surface area contributed by atoms with Crippen LogP contribution in [0.25, 0.3) is 0 Å². The number of carbonyl (C=O) groups is 3. The minimum atomic E-state index is -0.863. The molecule has 0 bridgehead atoms. The normalized spacial score (nSPS) is 13.6. The monoisotopic (exact) mass is 837 g/mol.